The van der Waals surface area contributed by atoms with Gasteiger partial charge in [-0.3, -0.25) is 9.11 Å². The first-order valence-corrected chi connectivity index (χ1v) is 10.4. The molecule has 0 saturated heterocycles. The van der Waals surface area contributed by atoms with Crippen molar-refractivity contribution < 1.29 is 42.4 Å². The fourth-order valence-corrected chi connectivity index (χ4v) is 2.11. The summed E-state index contributed by atoms with van der Waals surface area (Å²) in [5, 5.41) is 12.3. The summed E-state index contributed by atoms with van der Waals surface area (Å²) in [6, 6.07) is 0. The minimum absolute atomic E-state index is 0. The van der Waals surface area contributed by atoms with Crippen LogP contribution in [-0.4, -0.2) is 24.1 Å². The molecule has 12 heteroatoms. The summed E-state index contributed by atoms with van der Waals surface area (Å²) in [5.74, 6) is 0. The van der Waals surface area contributed by atoms with E-state index in [2.05, 4.69) is 33.5 Å². The third-order valence-electron chi connectivity index (χ3n) is 3.29. The molecule has 0 aliphatic rings. The molecule has 0 radical (unpaired) electrons. The average Bonchev–Trinajstić information content (AvgIpc) is 2.56. The maximum Gasteiger partial charge on any atom is 0.394 e. The monoisotopic (exact) mass is 436 g/mol. The van der Waals surface area contributed by atoms with E-state index in [1.807, 2.05) is 0 Å². The Morgan fingerprint density at radius 1 is 0.750 bits per heavy atom. The molecule has 11 nitrogen and oxygen atoms in total. The fraction of sp³-hybridized carbons (Fsp3) is 0.875. The molecule has 0 aromatic heterocycles. The van der Waals surface area contributed by atoms with Crippen LogP contribution in [0.25, 0.3) is 0 Å². The molecule has 0 bridgehead atoms. The van der Waals surface area contributed by atoms with E-state index in [4.69, 9.17) is 22.4 Å². The Bertz CT molecular complexity index is 376. The van der Waals surface area contributed by atoms with Crippen molar-refractivity contribution in [2.75, 3.05) is 6.61 Å². The van der Waals surface area contributed by atoms with Gasteiger partial charge in [-0.2, -0.15) is 8.42 Å². The van der Waals surface area contributed by atoms with E-state index in [1.165, 1.54) is 64.2 Å². The van der Waals surface area contributed by atoms with Crippen LogP contribution in [0.2, 0.25) is 0 Å². The van der Waals surface area contributed by atoms with Crippen molar-refractivity contribution in [1.82, 2.24) is 12.3 Å². The van der Waals surface area contributed by atoms with Gasteiger partial charge in [0.05, 0.1) is 6.61 Å². The van der Waals surface area contributed by atoms with E-state index >= 15 is 0 Å². The summed E-state index contributed by atoms with van der Waals surface area (Å²) >= 11 is 0. The molecule has 0 atom stereocenters. The van der Waals surface area contributed by atoms with E-state index in [0.717, 1.165) is 19.1 Å². The van der Waals surface area contributed by atoms with Gasteiger partial charge in [-0.15, -0.1) is 0 Å². The van der Waals surface area contributed by atoms with Crippen LogP contribution in [0.5, 0.6) is 0 Å². The van der Waals surface area contributed by atoms with Gasteiger partial charge in [0.1, 0.15) is 6.26 Å². The van der Waals surface area contributed by atoms with Crippen molar-refractivity contribution >= 4 is 10.4 Å². The maximum absolute atomic E-state index is 8.74. The first-order valence-electron chi connectivity index (χ1n) is 9.00. The van der Waals surface area contributed by atoms with Gasteiger partial charge < -0.3 is 17.2 Å². The largest absolute Gasteiger partial charge is 0.394 e. The lowest BCUT2D eigenvalue weighted by molar-refractivity contribution is -0.700. The lowest BCUT2D eigenvalue weighted by Crippen LogP contribution is -1.99. The topological polar surface area (TPSA) is 191 Å². The van der Waals surface area contributed by atoms with Gasteiger partial charge in [0.15, 0.2) is 0 Å². The highest BCUT2D eigenvalue weighted by atomic mass is 32.3. The van der Waals surface area contributed by atoms with Crippen LogP contribution < -0.4 is 12.3 Å². The SMILES string of the molecule is C=COOOOOCCCCCCCCCCCCCC.N.N.O=S(=O)(O)O. The summed E-state index contributed by atoms with van der Waals surface area (Å²) in [7, 11) is -4.67. The molecule has 28 heavy (non-hydrogen) atoms. The molecule has 0 heterocycles. The predicted molar refractivity (Wildman–Crippen MR) is 106 cm³/mol. The predicted octanol–water partition coefficient (Wildman–Crippen LogP) is 5.25. The first kappa shape index (κ1) is 34.7. The van der Waals surface area contributed by atoms with E-state index in [9.17, 15) is 0 Å². The van der Waals surface area contributed by atoms with Crippen molar-refractivity contribution in [3.8, 4) is 0 Å². The molecule has 8 N–H and O–H groups in total. The second-order valence-corrected chi connectivity index (χ2v) is 6.52. The molecule has 0 fully saturated rings. The van der Waals surface area contributed by atoms with Gasteiger partial charge in [0, 0.05) is 10.1 Å². The van der Waals surface area contributed by atoms with Crippen LogP contribution in [0.3, 0.4) is 0 Å². The van der Waals surface area contributed by atoms with Gasteiger partial charge in [-0.1, -0.05) is 84.1 Å². The van der Waals surface area contributed by atoms with E-state index in [-0.39, 0.29) is 12.3 Å². The molecule has 174 valence electrons. The lowest BCUT2D eigenvalue weighted by Gasteiger charge is -2.03. The highest BCUT2D eigenvalue weighted by Crippen LogP contribution is 2.11. The third kappa shape index (κ3) is 49.9. The third-order valence-corrected chi connectivity index (χ3v) is 3.29. The maximum atomic E-state index is 8.74. The molecular weight excluding hydrogens is 396 g/mol. The van der Waals surface area contributed by atoms with Gasteiger partial charge in [-0.05, 0) is 11.5 Å². The highest BCUT2D eigenvalue weighted by molar-refractivity contribution is 7.79. The zero-order valence-electron chi connectivity index (χ0n) is 17.1. The van der Waals surface area contributed by atoms with Gasteiger partial charge >= 0.3 is 10.4 Å². The lowest BCUT2D eigenvalue weighted by atomic mass is 10.1. The molecule has 0 spiro atoms. The Morgan fingerprint density at radius 2 is 1.14 bits per heavy atom. The minimum Gasteiger partial charge on any atom is -0.344 e. The Morgan fingerprint density at radius 3 is 1.54 bits per heavy atom. The zero-order valence-corrected chi connectivity index (χ0v) is 17.9. The molecular formula is C16H40N2O9S. The molecule has 0 unspecified atom stereocenters. The van der Waals surface area contributed by atoms with Gasteiger partial charge in [-0.25, -0.2) is 4.89 Å². The average molecular weight is 437 g/mol. The van der Waals surface area contributed by atoms with Crippen molar-refractivity contribution in [2.45, 2.75) is 84.0 Å². The number of unbranched alkanes of at least 4 members (excludes halogenated alkanes) is 11. The molecule has 0 saturated carbocycles. The van der Waals surface area contributed by atoms with Gasteiger partial charge in [0.2, 0.25) is 0 Å². The first-order chi connectivity index (χ1) is 12.4. The van der Waals surface area contributed by atoms with E-state index < -0.39 is 10.4 Å². The zero-order chi connectivity index (χ0) is 19.9. The molecule has 0 aliphatic heterocycles. The van der Waals surface area contributed by atoms with Crippen LogP contribution in [0.15, 0.2) is 12.8 Å². The number of hydrogen-bond donors (Lipinski definition) is 4. The summed E-state index contributed by atoms with van der Waals surface area (Å²) in [6.07, 6.45) is 16.8. The minimum atomic E-state index is -4.67. The second-order valence-electron chi connectivity index (χ2n) is 5.63. The Hall–Kier alpha value is -0.830. The van der Waals surface area contributed by atoms with Crippen LogP contribution in [-0.2, 0) is 35.3 Å². The summed E-state index contributed by atoms with van der Waals surface area (Å²) in [5.41, 5.74) is 0. The molecule has 0 aliphatic carbocycles. The second kappa shape index (κ2) is 28.4. The summed E-state index contributed by atoms with van der Waals surface area (Å²) in [6.45, 7) is 5.99. The normalized spacial score (nSPS) is 10.1. The standard InChI is InChI=1S/C16H32O5.2H3N.H2O4S/c1-3-5-6-7-8-9-10-11-12-13-14-15-16-18-20-21-19-17-4-2;;;1-5(2,3)4/h4H,2-3,5-16H2,1H3;2*1H3;(H2,1,2,3,4). The van der Waals surface area contributed by atoms with E-state index in [0.29, 0.717) is 6.61 Å². The van der Waals surface area contributed by atoms with Crippen LogP contribution in [0.1, 0.15) is 84.0 Å². The molecule has 0 rings (SSSR count). The highest BCUT2D eigenvalue weighted by Gasteiger charge is 1.95. The van der Waals surface area contributed by atoms with Crippen LogP contribution in [0, 0.1) is 0 Å². The Balaban J connectivity index is -0.000000364. The number of hydrogen-bond acceptors (Lipinski definition) is 9. The Labute approximate surface area is 169 Å². The van der Waals surface area contributed by atoms with Crippen molar-refractivity contribution in [2.24, 2.45) is 0 Å². The van der Waals surface area contributed by atoms with Gasteiger partial charge in [0.25, 0.3) is 0 Å². The molecule has 0 amide bonds. The summed E-state index contributed by atoms with van der Waals surface area (Å²) in [4.78, 5) is 8.90. The van der Waals surface area contributed by atoms with Crippen LogP contribution >= 0.6 is 0 Å². The smallest absolute Gasteiger partial charge is 0.344 e. The molecule has 0 aromatic rings. The fourth-order valence-electron chi connectivity index (χ4n) is 2.11. The van der Waals surface area contributed by atoms with Crippen molar-refractivity contribution in [1.29, 1.82) is 0 Å². The summed E-state index contributed by atoms with van der Waals surface area (Å²) < 4.78 is 31.6. The quantitative estimate of drug-likeness (QED) is 0.0721. The Kier molecular flexibility index (Phi) is 35.1. The van der Waals surface area contributed by atoms with Crippen LogP contribution in [0.4, 0.5) is 0 Å². The van der Waals surface area contributed by atoms with Crippen molar-refractivity contribution in [3.05, 3.63) is 12.8 Å². The van der Waals surface area contributed by atoms with E-state index in [1.54, 1.807) is 0 Å². The van der Waals surface area contributed by atoms with Crippen molar-refractivity contribution in [3.63, 3.8) is 0 Å². The number of rotatable bonds is 18. The molecule has 0 aromatic carbocycles.